The van der Waals surface area contributed by atoms with Crippen molar-refractivity contribution in [1.29, 1.82) is 0 Å². The average molecular weight is 261 g/mol. The fourth-order valence-corrected chi connectivity index (χ4v) is 2.53. The van der Waals surface area contributed by atoms with Crippen LogP contribution in [0.25, 0.3) is 5.57 Å². The minimum absolute atomic E-state index is 0.172. The highest BCUT2D eigenvalue weighted by atomic mass is 19.1. The summed E-state index contributed by atoms with van der Waals surface area (Å²) in [5, 5.41) is 0. The van der Waals surface area contributed by atoms with Gasteiger partial charge in [0.2, 0.25) is 0 Å². The highest BCUT2D eigenvalue weighted by Crippen LogP contribution is 2.36. The van der Waals surface area contributed by atoms with Crippen LogP contribution in [0, 0.1) is 5.82 Å². The van der Waals surface area contributed by atoms with Gasteiger partial charge >= 0.3 is 0 Å². The summed E-state index contributed by atoms with van der Waals surface area (Å²) in [5.41, 5.74) is 2.64. The molecule has 0 aromatic heterocycles. The third-order valence-corrected chi connectivity index (χ3v) is 4.29. The van der Waals surface area contributed by atoms with Gasteiger partial charge in [-0.05, 0) is 63.6 Å². The SMILES string of the molecule is CN(C)C1(C)CC=C(c2ccc(F)cc2C=O)CC1. The van der Waals surface area contributed by atoms with Crippen molar-refractivity contribution in [2.45, 2.75) is 31.7 Å². The maximum absolute atomic E-state index is 13.1. The number of carbonyl (C=O) groups excluding carboxylic acids is 1. The smallest absolute Gasteiger partial charge is 0.150 e. The molecule has 1 aliphatic carbocycles. The molecular formula is C16H20FNO. The maximum Gasteiger partial charge on any atom is 0.150 e. The van der Waals surface area contributed by atoms with Crippen LogP contribution in [0.5, 0.6) is 0 Å². The van der Waals surface area contributed by atoms with Crippen LogP contribution in [0.15, 0.2) is 24.3 Å². The van der Waals surface area contributed by atoms with Crippen LogP contribution in [0.1, 0.15) is 42.1 Å². The number of allylic oxidation sites excluding steroid dienone is 1. The third kappa shape index (κ3) is 2.76. The standard InChI is InChI=1S/C16H20FNO/c1-16(18(2)3)8-6-12(7-9-16)15-5-4-14(17)10-13(15)11-19/h4-6,10-11H,7-9H2,1-3H3. The molecule has 1 aliphatic rings. The zero-order valence-corrected chi connectivity index (χ0v) is 11.7. The summed E-state index contributed by atoms with van der Waals surface area (Å²) in [5.74, 6) is -0.361. The molecule has 0 radical (unpaired) electrons. The Bertz CT molecular complexity index is 521. The minimum Gasteiger partial charge on any atom is -0.304 e. The van der Waals surface area contributed by atoms with E-state index in [1.807, 2.05) is 0 Å². The van der Waals surface area contributed by atoms with Crippen molar-refractivity contribution >= 4 is 11.9 Å². The predicted molar refractivity (Wildman–Crippen MR) is 75.7 cm³/mol. The first-order valence-electron chi connectivity index (χ1n) is 6.58. The molecular weight excluding hydrogens is 241 g/mol. The van der Waals surface area contributed by atoms with E-state index in [1.54, 1.807) is 6.07 Å². The molecule has 1 aromatic rings. The zero-order chi connectivity index (χ0) is 14.0. The molecule has 0 saturated heterocycles. The summed E-state index contributed by atoms with van der Waals surface area (Å²) < 4.78 is 13.1. The first-order chi connectivity index (χ1) is 8.96. The van der Waals surface area contributed by atoms with Gasteiger partial charge in [-0.1, -0.05) is 12.1 Å². The van der Waals surface area contributed by atoms with Gasteiger partial charge in [0.1, 0.15) is 5.82 Å². The van der Waals surface area contributed by atoms with Gasteiger partial charge in [0.05, 0.1) is 0 Å². The molecule has 19 heavy (non-hydrogen) atoms. The summed E-state index contributed by atoms with van der Waals surface area (Å²) in [4.78, 5) is 13.3. The number of rotatable bonds is 3. The van der Waals surface area contributed by atoms with Crippen molar-refractivity contribution in [2.75, 3.05) is 14.1 Å². The van der Waals surface area contributed by atoms with Crippen LogP contribution in [0.3, 0.4) is 0 Å². The van der Waals surface area contributed by atoms with E-state index in [1.165, 1.54) is 12.1 Å². The summed E-state index contributed by atoms with van der Waals surface area (Å²) in [7, 11) is 4.18. The van der Waals surface area contributed by atoms with Gasteiger partial charge in [-0.2, -0.15) is 0 Å². The highest BCUT2D eigenvalue weighted by Gasteiger charge is 2.29. The van der Waals surface area contributed by atoms with Gasteiger partial charge in [0.25, 0.3) is 0 Å². The summed E-state index contributed by atoms with van der Waals surface area (Å²) in [6.45, 7) is 2.24. The van der Waals surface area contributed by atoms with Crippen molar-refractivity contribution in [2.24, 2.45) is 0 Å². The molecule has 0 amide bonds. The lowest BCUT2D eigenvalue weighted by molar-refractivity contribution is 0.112. The quantitative estimate of drug-likeness (QED) is 0.776. The lowest BCUT2D eigenvalue weighted by Gasteiger charge is -2.39. The Hall–Kier alpha value is -1.48. The van der Waals surface area contributed by atoms with Gasteiger partial charge in [-0.25, -0.2) is 4.39 Å². The number of benzene rings is 1. The van der Waals surface area contributed by atoms with E-state index in [4.69, 9.17) is 0 Å². The molecule has 0 saturated carbocycles. The Labute approximate surface area is 113 Å². The minimum atomic E-state index is -0.361. The van der Waals surface area contributed by atoms with E-state index in [2.05, 4.69) is 32.0 Å². The largest absolute Gasteiger partial charge is 0.304 e. The van der Waals surface area contributed by atoms with Gasteiger partial charge in [-0.15, -0.1) is 0 Å². The molecule has 2 rings (SSSR count). The molecule has 1 aromatic carbocycles. The Balaban J connectivity index is 2.30. The second-order valence-corrected chi connectivity index (χ2v) is 5.67. The summed E-state index contributed by atoms with van der Waals surface area (Å²) in [6, 6.07) is 4.44. The monoisotopic (exact) mass is 261 g/mol. The normalized spacial score (nSPS) is 23.3. The number of hydrogen-bond acceptors (Lipinski definition) is 2. The van der Waals surface area contributed by atoms with E-state index >= 15 is 0 Å². The summed E-state index contributed by atoms with van der Waals surface area (Å²) in [6.07, 6.45) is 5.83. The Kier molecular flexibility index (Phi) is 3.85. The fraction of sp³-hybridized carbons (Fsp3) is 0.438. The molecule has 102 valence electrons. The van der Waals surface area contributed by atoms with E-state index in [0.29, 0.717) is 5.56 Å². The van der Waals surface area contributed by atoms with Crippen molar-refractivity contribution < 1.29 is 9.18 Å². The molecule has 0 aliphatic heterocycles. The second kappa shape index (κ2) is 5.25. The number of hydrogen-bond donors (Lipinski definition) is 0. The van der Waals surface area contributed by atoms with Crippen LogP contribution >= 0.6 is 0 Å². The topological polar surface area (TPSA) is 20.3 Å². The Morgan fingerprint density at radius 1 is 1.37 bits per heavy atom. The van der Waals surface area contributed by atoms with Crippen LogP contribution in [0.4, 0.5) is 4.39 Å². The molecule has 0 bridgehead atoms. The van der Waals surface area contributed by atoms with Crippen molar-refractivity contribution in [3.8, 4) is 0 Å². The Morgan fingerprint density at radius 2 is 2.11 bits per heavy atom. The van der Waals surface area contributed by atoms with Crippen LogP contribution in [0.2, 0.25) is 0 Å². The molecule has 0 N–H and O–H groups in total. The molecule has 2 nitrogen and oxygen atoms in total. The first-order valence-corrected chi connectivity index (χ1v) is 6.58. The molecule has 3 heteroatoms. The zero-order valence-electron chi connectivity index (χ0n) is 11.7. The van der Waals surface area contributed by atoms with Crippen LogP contribution in [-0.4, -0.2) is 30.8 Å². The summed E-state index contributed by atoms with van der Waals surface area (Å²) >= 11 is 0. The molecule has 0 fully saturated rings. The van der Waals surface area contributed by atoms with Crippen molar-refractivity contribution in [3.63, 3.8) is 0 Å². The van der Waals surface area contributed by atoms with E-state index in [-0.39, 0.29) is 11.4 Å². The van der Waals surface area contributed by atoms with E-state index < -0.39 is 0 Å². The average Bonchev–Trinajstić information content (AvgIpc) is 2.39. The predicted octanol–water partition coefficient (Wildman–Crippen LogP) is 3.53. The molecule has 1 unspecified atom stereocenters. The fourth-order valence-electron chi connectivity index (χ4n) is 2.53. The van der Waals surface area contributed by atoms with Gasteiger partial charge in [0.15, 0.2) is 6.29 Å². The van der Waals surface area contributed by atoms with Gasteiger partial charge < -0.3 is 4.90 Å². The number of carbonyl (C=O) groups is 1. The number of nitrogens with zero attached hydrogens (tertiary/aromatic N) is 1. The van der Waals surface area contributed by atoms with E-state index in [9.17, 15) is 9.18 Å². The van der Waals surface area contributed by atoms with Crippen LogP contribution in [-0.2, 0) is 0 Å². The van der Waals surface area contributed by atoms with Gasteiger partial charge in [-0.3, -0.25) is 4.79 Å². The van der Waals surface area contributed by atoms with Crippen molar-refractivity contribution in [1.82, 2.24) is 4.90 Å². The highest BCUT2D eigenvalue weighted by molar-refractivity contribution is 5.85. The number of aldehydes is 1. The lowest BCUT2D eigenvalue weighted by Crippen LogP contribution is -2.42. The second-order valence-electron chi connectivity index (χ2n) is 5.67. The Morgan fingerprint density at radius 3 is 2.63 bits per heavy atom. The van der Waals surface area contributed by atoms with Crippen LogP contribution < -0.4 is 0 Å². The maximum atomic E-state index is 13.1. The van der Waals surface area contributed by atoms with Gasteiger partial charge in [0, 0.05) is 11.1 Å². The van der Waals surface area contributed by atoms with E-state index in [0.717, 1.165) is 36.7 Å². The molecule has 1 atom stereocenters. The van der Waals surface area contributed by atoms with Crippen molar-refractivity contribution in [3.05, 3.63) is 41.2 Å². The first kappa shape index (κ1) is 13.9. The number of halogens is 1. The lowest BCUT2D eigenvalue weighted by atomic mass is 9.80. The molecule has 0 spiro atoms. The third-order valence-electron chi connectivity index (χ3n) is 4.29. The molecule has 0 heterocycles.